The first-order valence-corrected chi connectivity index (χ1v) is 4.45. The summed E-state index contributed by atoms with van der Waals surface area (Å²) >= 11 is 9.08. The molecule has 1 nitrogen and oxygen atoms in total. The molecule has 10 heavy (non-hydrogen) atoms. The Labute approximate surface area is 74.2 Å². The third-order valence-corrected chi connectivity index (χ3v) is 2.43. The summed E-state index contributed by atoms with van der Waals surface area (Å²) in [6.45, 7) is 8.43. The predicted octanol–water partition coefficient (Wildman–Crippen LogP) is 1.97. The molecule has 0 bridgehead atoms. The number of thiol groups is 1. The molecule has 0 aliphatic heterocycles. The molecule has 0 aromatic carbocycles. The van der Waals surface area contributed by atoms with E-state index in [1.165, 1.54) is 0 Å². The van der Waals surface area contributed by atoms with E-state index < -0.39 is 0 Å². The van der Waals surface area contributed by atoms with Gasteiger partial charge < -0.3 is 0 Å². The van der Waals surface area contributed by atoms with Crippen LogP contribution in [0, 0.1) is 0 Å². The Morgan fingerprint density at radius 1 is 1.50 bits per heavy atom. The van der Waals surface area contributed by atoms with Crippen molar-refractivity contribution in [1.29, 1.82) is 0 Å². The molecule has 0 aromatic heterocycles. The zero-order chi connectivity index (χ0) is 8.15. The van der Waals surface area contributed by atoms with Crippen molar-refractivity contribution in [3.63, 3.8) is 0 Å². The van der Waals surface area contributed by atoms with E-state index in [-0.39, 0.29) is 0 Å². The molecule has 0 amide bonds. The topological polar surface area (TPSA) is 3.24 Å². The van der Waals surface area contributed by atoms with E-state index in [4.69, 9.17) is 12.2 Å². The zero-order valence-corrected chi connectivity index (χ0v) is 8.51. The van der Waals surface area contributed by atoms with Gasteiger partial charge in [-0.15, -0.1) is 12.6 Å². The van der Waals surface area contributed by atoms with Crippen LogP contribution < -0.4 is 0 Å². The standard InChI is InChI=1S/C7H15NS2/c1-4-8(5-2)6(3)7(9)10/h6H,4-5H2,1-3H3,(H,9,10). The van der Waals surface area contributed by atoms with E-state index >= 15 is 0 Å². The monoisotopic (exact) mass is 177 g/mol. The van der Waals surface area contributed by atoms with E-state index in [1.807, 2.05) is 0 Å². The van der Waals surface area contributed by atoms with Gasteiger partial charge in [0.25, 0.3) is 0 Å². The molecule has 0 spiro atoms. The summed E-state index contributed by atoms with van der Waals surface area (Å²) in [5.41, 5.74) is 0. The highest BCUT2D eigenvalue weighted by molar-refractivity contribution is 8.11. The van der Waals surface area contributed by atoms with Crippen molar-refractivity contribution in [2.75, 3.05) is 13.1 Å². The zero-order valence-electron chi connectivity index (χ0n) is 6.79. The second-order valence-corrected chi connectivity index (χ2v) is 3.46. The quantitative estimate of drug-likeness (QED) is 0.516. The number of hydrogen-bond acceptors (Lipinski definition) is 2. The van der Waals surface area contributed by atoms with Crippen LogP contribution in [0.25, 0.3) is 0 Å². The van der Waals surface area contributed by atoms with Crippen molar-refractivity contribution in [3.05, 3.63) is 0 Å². The van der Waals surface area contributed by atoms with Crippen molar-refractivity contribution in [1.82, 2.24) is 4.90 Å². The fourth-order valence-corrected chi connectivity index (χ4v) is 1.24. The van der Waals surface area contributed by atoms with Gasteiger partial charge in [-0.1, -0.05) is 26.1 Å². The average molecular weight is 177 g/mol. The smallest absolute Gasteiger partial charge is 0.0617 e. The van der Waals surface area contributed by atoms with Crippen LogP contribution in [0.2, 0.25) is 0 Å². The molecule has 0 aromatic rings. The second kappa shape index (κ2) is 5.10. The molecule has 0 radical (unpaired) electrons. The molecule has 60 valence electrons. The first-order valence-electron chi connectivity index (χ1n) is 3.60. The van der Waals surface area contributed by atoms with Crippen LogP contribution in [0.4, 0.5) is 0 Å². The molecule has 0 fully saturated rings. The summed E-state index contributed by atoms with van der Waals surface area (Å²) in [6.07, 6.45) is 0. The maximum Gasteiger partial charge on any atom is 0.0617 e. The molecule has 0 aliphatic carbocycles. The van der Waals surface area contributed by atoms with Crippen LogP contribution in [-0.4, -0.2) is 28.2 Å². The first-order chi connectivity index (χ1) is 4.63. The SMILES string of the molecule is CCN(CC)C(C)C(=S)S. The van der Waals surface area contributed by atoms with Gasteiger partial charge in [0.1, 0.15) is 0 Å². The minimum absolute atomic E-state index is 0.327. The molecule has 0 N–H and O–H groups in total. The molecular formula is C7H15NS2. The molecule has 0 saturated heterocycles. The summed E-state index contributed by atoms with van der Waals surface area (Å²) in [5, 5.41) is 0. The fraction of sp³-hybridized carbons (Fsp3) is 0.857. The molecule has 0 aliphatic rings. The Bertz CT molecular complexity index is 110. The van der Waals surface area contributed by atoms with Crippen molar-refractivity contribution in [3.8, 4) is 0 Å². The van der Waals surface area contributed by atoms with Crippen LogP contribution >= 0.6 is 24.8 Å². The van der Waals surface area contributed by atoms with E-state index in [0.717, 1.165) is 17.3 Å². The molecule has 0 saturated carbocycles. The fourth-order valence-electron chi connectivity index (χ4n) is 0.928. The van der Waals surface area contributed by atoms with Gasteiger partial charge in [0.15, 0.2) is 0 Å². The van der Waals surface area contributed by atoms with Crippen LogP contribution in [0.15, 0.2) is 0 Å². The van der Waals surface area contributed by atoms with Gasteiger partial charge in [-0.25, -0.2) is 0 Å². The Morgan fingerprint density at radius 2 is 1.90 bits per heavy atom. The first kappa shape index (κ1) is 10.4. The molecular weight excluding hydrogens is 162 g/mol. The van der Waals surface area contributed by atoms with Gasteiger partial charge in [0, 0.05) is 6.04 Å². The van der Waals surface area contributed by atoms with Gasteiger partial charge in [0.05, 0.1) is 4.20 Å². The lowest BCUT2D eigenvalue weighted by Crippen LogP contribution is -2.35. The molecule has 0 heterocycles. The summed E-state index contributed by atoms with van der Waals surface area (Å²) in [4.78, 5) is 2.27. The van der Waals surface area contributed by atoms with Crippen LogP contribution in [0.1, 0.15) is 20.8 Å². The normalized spacial score (nSPS) is 13.7. The van der Waals surface area contributed by atoms with Crippen molar-refractivity contribution >= 4 is 29.0 Å². The minimum atomic E-state index is 0.327. The lowest BCUT2D eigenvalue weighted by atomic mass is 10.3. The Hall–Kier alpha value is 0.400. The van der Waals surface area contributed by atoms with E-state index in [9.17, 15) is 0 Å². The van der Waals surface area contributed by atoms with Gasteiger partial charge in [-0.3, -0.25) is 4.90 Å². The number of thiocarbonyl (C=S) groups is 1. The number of hydrogen-bond donors (Lipinski definition) is 1. The maximum absolute atomic E-state index is 4.95. The third-order valence-electron chi connectivity index (χ3n) is 1.72. The summed E-state index contributed by atoms with van der Waals surface area (Å²) < 4.78 is 0.781. The van der Waals surface area contributed by atoms with Crippen molar-refractivity contribution in [2.24, 2.45) is 0 Å². The highest BCUT2D eigenvalue weighted by atomic mass is 32.1. The average Bonchev–Trinajstić information content (AvgIpc) is 1.90. The van der Waals surface area contributed by atoms with Crippen LogP contribution in [-0.2, 0) is 0 Å². The summed E-state index contributed by atoms with van der Waals surface area (Å²) in [7, 11) is 0. The van der Waals surface area contributed by atoms with Gasteiger partial charge >= 0.3 is 0 Å². The van der Waals surface area contributed by atoms with Gasteiger partial charge in [0.2, 0.25) is 0 Å². The molecule has 1 unspecified atom stereocenters. The highest BCUT2D eigenvalue weighted by Gasteiger charge is 2.10. The van der Waals surface area contributed by atoms with Gasteiger partial charge in [-0.2, -0.15) is 0 Å². The summed E-state index contributed by atoms with van der Waals surface area (Å²) in [5.74, 6) is 0. The third kappa shape index (κ3) is 2.99. The minimum Gasteiger partial charge on any atom is -0.296 e. The van der Waals surface area contributed by atoms with Crippen molar-refractivity contribution in [2.45, 2.75) is 26.8 Å². The molecule has 1 atom stereocenters. The van der Waals surface area contributed by atoms with E-state index in [0.29, 0.717) is 6.04 Å². The predicted molar refractivity (Wildman–Crippen MR) is 54.0 cm³/mol. The van der Waals surface area contributed by atoms with E-state index in [1.54, 1.807) is 0 Å². The maximum atomic E-state index is 4.95. The largest absolute Gasteiger partial charge is 0.296 e. The lowest BCUT2D eigenvalue weighted by molar-refractivity contribution is 0.285. The second-order valence-electron chi connectivity index (χ2n) is 2.24. The van der Waals surface area contributed by atoms with Crippen molar-refractivity contribution < 1.29 is 0 Å². The molecule has 3 heteroatoms. The Balaban J connectivity index is 3.88. The highest BCUT2D eigenvalue weighted by Crippen LogP contribution is 2.03. The van der Waals surface area contributed by atoms with Gasteiger partial charge in [-0.05, 0) is 20.0 Å². The lowest BCUT2D eigenvalue weighted by Gasteiger charge is -2.24. The number of nitrogens with zero attached hydrogens (tertiary/aromatic N) is 1. The van der Waals surface area contributed by atoms with Crippen LogP contribution in [0.3, 0.4) is 0 Å². The van der Waals surface area contributed by atoms with Crippen LogP contribution in [0.5, 0.6) is 0 Å². The summed E-state index contributed by atoms with van der Waals surface area (Å²) in [6, 6.07) is 0.327. The Morgan fingerprint density at radius 3 is 2.00 bits per heavy atom. The Kier molecular flexibility index (Phi) is 5.31. The molecule has 0 rings (SSSR count). The van der Waals surface area contributed by atoms with E-state index in [2.05, 4.69) is 38.3 Å². The number of rotatable bonds is 4.